The zero-order chi connectivity index (χ0) is 18.2. The monoisotopic (exact) mass is 343 g/mol. The highest BCUT2D eigenvalue weighted by atomic mass is 16.5. The molecule has 0 aliphatic heterocycles. The molecule has 1 amide bonds. The summed E-state index contributed by atoms with van der Waals surface area (Å²) in [5, 5.41) is 0. The summed E-state index contributed by atoms with van der Waals surface area (Å²) in [5.41, 5.74) is 0.954. The second kappa shape index (κ2) is 8.97. The number of para-hydroxylation sites is 3. The molecule has 0 fully saturated rings. The average Bonchev–Trinajstić information content (AvgIpc) is 2.66. The number of hydrogen-bond acceptors (Lipinski definition) is 4. The second-order valence-electron chi connectivity index (χ2n) is 5.59. The lowest BCUT2D eigenvalue weighted by Gasteiger charge is -2.26. The van der Waals surface area contributed by atoms with E-state index in [9.17, 15) is 4.79 Å². The van der Waals surface area contributed by atoms with Gasteiger partial charge in [0.1, 0.15) is 5.75 Å². The summed E-state index contributed by atoms with van der Waals surface area (Å²) in [6, 6.07) is 14.9. The van der Waals surface area contributed by atoms with Crippen molar-refractivity contribution in [3.05, 3.63) is 54.1 Å². The Bertz CT molecular complexity index is 702. The van der Waals surface area contributed by atoms with Gasteiger partial charge < -0.3 is 19.1 Å². The molecule has 2 aromatic rings. The van der Waals surface area contributed by atoms with Crippen LogP contribution in [0.1, 0.15) is 25.5 Å². The van der Waals surface area contributed by atoms with E-state index in [1.165, 1.54) is 0 Å². The van der Waals surface area contributed by atoms with Gasteiger partial charge in [0.2, 0.25) is 0 Å². The molecule has 0 spiro atoms. The summed E-state index contributed by atoms with van der Waals surface area (Å²) in [5.74, 6) is 1.84. The van der Waals surface area contributed by atoms with Crippen LogP contribution in [0.25, 0.3) is 0 Å². The lowest BCUT2D eigenvalue weighted by Crippen LogP contribution is -2.33. The quantitative estimate of drug-likeness (QED) is 0.733. The van der Waals surface area contributed by atoms with Crippen LogP contribution in [0, 0.1) is 0 Å². The van der Waals surface area contributed by atoms with Crippen LogP contribution in [0.15, 0.2) is 48.5 Å². The lowest BCUT2D eigenvalue weighted by molar-refractivity contribution is -0.134. The Balaban J connectivity index is 2.03. The van der Waals surface area contributed by atoms with Crippen molar-refractivity contribution in [2.75, 3.05) is 27.4 Å². The van der Waals surface area contributed by atoms with Crippen molar-refractivity contribution >= 4 is 5.91 Å². The molecule has 0 heterocycles. The molecule has 0 aliphatic carbocycles. The maximum atomic E-state index is 12.5. The Hall–Kier alpha value is -2.69. The highest BCUT2D eigenvalue weighted by Gasteiger charge is 2.21. The van der Waals surface area contributed by atoms with Crippen molar-refractivity contribution < 1.29 is 19.0 Å². The Morgan fingerprint density at radius 3 is 2.16 bits per heavy atom. The van der Waals surface area contributed by atoms with Crippen molar-refractivity contribution in [1.82, 2.24) is 4.90 Å². The predicted octanol–water partition coefficient (Wildman–Crippen LogP) is 3.69. The third kappa shape index (κ3) is 4.66. The Morgan fingerprint density at radius 1 is 1.00 bits per heavy atom. The number of rotatable bonds is 8. The van der Waals surface area contributed by atoms with Crippen molar-refractivity contribution in [3.8, 4) is 17.2 Å². The minimum atomic E-state index is -0.130. The molecule has 25 heavy (non-hydrogen) atoms. The highest BCUT2D eigenvalue weighted by Crippen LogP contribution is 2.29. The van der Waals surface area contributed by atoms with Gasteiger partial charge in [0.25, 0.3) is 5.91 Å². The van der Waals surface area contributed by atoms with Crippen LogP contribution in [0.3, 0.4) is 0 Å². The normalized spacial score (nSPS) is 11.5. The first-order valence-corrected chi connectivity index (χ1v) is 8.31. The van der Waals surface area contributed by atoms with Gasteiger partial charge in [0.15, 0.2) is 18.1 Å². The van der Waals surface area contributed by atoms with Crippen molar-refractivity contribution in [3.63, 3.8) is 0 Å². The summed E-state index contributed by atoms with van der Waals surface area (Å²) in [7, 11) is 3.39. The fraction of sp³-hybridized carbons (Fsp3) is 0.350. The molecule has 1 unspecified atom stereocenters. The van der Waals surface area contributed by atoms with E-state index in [1.807, 2.05) is 56.3 Å². The minimum absolute atomic E-state index is 0.0555. The largest absolute Gasteiger partial charge is 0.496 e. The van der Waals surface area contributed by atoms with Crippen LogP contribution in [0.5, 0.6) is 17.2 Å². The van der Waals surface area contributed by atoms with Gasteiger partial charge >= 0.3 is 0 Å². The molecule has 134 valence electrons. The van der Waals surface area contributed by atoms with Crippen molar-refractivity contribution in [1.29, 1.82) is 0 Å². The number of methoxy groups -OCH3 is 1. The molecule has 0 bridgehead atoms. The molecule has 1 atom stereocenters. The van der Waals surface area contributed by atoms with E-state index in [1.54, 1.807) is 25.1 Å². The van der Waals surface area contributed by atoms with Gasteiger partial charge in [-0.2, -0.15) is 0 Å². The van der Waals surface area contributed by atoms with Gasteiger partial charge in [-0.1, -0.05) is 30.3 Å². The van der Waals surface area contributed by atoms with E-state index in [0.29, 0.717) is 18.1 Å². The molecular weight excluding hydrogens is 318 g/mol. The highest BCUT2D eigenvalue weighted by molar-refractivity contribution is 5.78. The van der Waals surface area contributed by atoms with Gasteiger partial charge in [-0.25, -0.2) is 0 Å². The SMILES string of the molecule is CCOc1ccccc1OCC(=O)N(C)C(C)c1ccccc1OC. The summed E-state index contributed by atoms with van der Waals surface area (Å²) >= 11 is 0. The minimum Gasteiger partial charge on any atom is -0.496 e. The molecule has 0 N–H and O–H groups in total. The number of benzene rings is 2. The Labute approximate surface area is 149 Å². The third-order valence-electron chi connectivity index (χ3n) is 4.06. The predicted molar refractivity (Wildman–Crippen MR) is 97.3 cm³/mol. The topological polar surface area (TPSA) is 48.0 Å². The zero-order valence-electron chi connectivity index (χ0n) is 15.2. The standard InChI is InChI=1S/C20H25NO4/c1-5-24-18-12-8-9-13-19(18)25-14-20(22)21(3)15(2)16-10-6-7-11-17(16)23-4/h6-13,15H,5,14H2,1-4H3. The van der Waals surface area contributed by atoms with E-state index in [2.05, 4.69) is 0 Å². The molecule has 0 radical (unpaired) electrons. The molecule has 0 saturated heterocycles. The average molecular weight is 343 g/mol. The number of ether oxygens (including phenoxy) is 3. The van der Waals surface area contributed by atoms with E-state index in [4.69, 9.17) is 14.2 Å². The third-order valence-corrected chi connectivity index (χ3v) is 4.06. The molecule has 0 aliphatic rings. The first-order chi connectivity index (χ1) is 12.1. The van der Waals surface area contributed by atoms with E-state index < -0.39 is 0 Å². The van der Waals surface area contributed by atoms with Gasteiger partial charge in [-0.15, -0.1) is 0 Å². The molecular formula is C20H25NO4. The number of hydrogen-bond donors (Lipinski definition) is 0. The van der Waals surface area contributed by atoms with Crippen LogP contribution in [-0.4, -0.2) is 38.2 Å². The first-order valence-electron chi connectivity index (χ1n) is 8.31. The smallest absolute Gasteiger partial charge is 0.260 e. The fourth-order valence-electron chi connectivity index (χ4n) is 2.52. The first kappa shape index (κ1) is 18.6. The van der Waals surface area contributed by atoms with Gasteiger partial charge in [-0.05, 0) is 32.0 Å². The Kier molecular flexibility index (Phi) is 6.69. The van der Waals surface area contributed by atoms with E-state index in [-0.39, 0.29) is 18.6 Å². The van der Waals surface area contributed by atoms with E-state index >= 15 is 0 Å². The van der Waals surface area contributed by atoms with Crippen molar-refractivity contribution in [2.24, 2.45) is 0 Å². The van der Waals surface area contributed by atoms with Crippen LogP contribution in [0.2, 0.25) is 0 Å². The van der Waals surface area contributed by atoms with Crippen LogP contribution >= 0.6 is 0 Å². The molecule has 0 aromatic heterocycles. The zero-order valence-corrected chi connectivity index (χ0v) is 15.2. The maximum absolute atomic E-state index is 12.5. The van der Waals surface area contributed by atoms with Crippen LogP contribution in [-0.2, 0) is 4.79 Å². The van der Waals surface area contributed by atoms with Crippen LogP contribution < -0.4 is 14.2 Å². The number of carbonyl (C=O) groups excluding carboxylic acids is 1. The van der Waals surface area contributed by atoms with Gasteiger partial charge in [-0.3, -0.25) is 4.79 Å². The second-order valence-corrected chi connectivity index (χ2v) is 5.59. The summed E-state index contributed by atoms with van der Waals surface area (Å²) in [4.78, 5) is 14.2. The number of amides is 1. The molecule has 5 nitrogen and oxygen atoms in total. The van der Waals surface area contributed by atoms with Gasteiger partial charge in [0.05, 0.1) is 19.8 Å². The molecule has 0 saturated carbocycles. The number of carbonyl (C=O) groups is 1. The van der Waals surface area contributed by atoms with E-state index in [0.717, 1.165) is 11.3 Å². The van der Waals surface area contributed by atoms with Gasteiger partial charge in [0, 0.05) is 12.6 Å². The number of nitrogens with zero attached hydrogens (tertiary/aromatic N) is 1. The summed E-state index contributed by atoms with van der Waals surface area (Å²) < 4.78 is 16.6. The molecule has 2 aromatic carbocycles. The molecule has 2 rings (SSSR count). The fourth-order valence-corrected chi connectivity index (χ4v) is 2.52. The molecule has 5 heteroatoms. The number of likely N-dealkylation sites (N-methyl/N-ethyl adjacent to an activating group) is 1. The summed E-state index contributed by atoms with van der Waals surface area (Å²) in [6.07, 6.45) is 0. The lowest BCUT2D eigenvalue weighted by atomic mass is 10.1. The van der Waals surface area contributed by atoms with Crippen LogP contribution in [0.4, 0.5) is 0 Å². The van der Waals surface area contributed by atoms with Crippen molar-refractivity contribution in [2.45, 2.75) is 19.9 Å². The Morgan fingerprint density at radius 2 is 1.56 bits per heavy atom. The maximum Gasteiger partial charge on any atom is 0.260 e. The summed E-state index contributed by atoms with van der Waals surface area (Å²) in [6.45, 7) is 4.35.